The molecule has 1 aliphatic rings. The van der Waals surface area contributed by atoms with Gasteiger partial charge in [-0.15, -0.1) is 0 Å². The molecule has 26 heavy (non-hydrogen) atoms. The first-order chi connectivity index (χ1) is 12.7. The van der Waals surface area contributed by atoms with Crippen LogP contribution in [-0.2, 0) is 18.9 Å². The van der Waals surface area contributed by atoms with Gasteiger partial charge in [-0.1, -0.05) is 0 Å². The van der Waals surface area contributed by atoms with Crippen molar-refractivity contribution in [3.63, 3.8) is 0 Å². The molecule has 1 aromatic heterocycles. The molecule has 0 amide bonds. The predicted molar refractivity (Wildman–Crippen MR) is 83.4 cm³/mol. The Labute approximate surface area is 149 Å². The average Bonchev–Trinajstić information content (AvgIpc) is 2.82. The van der Waals surface area contributed by atoms with Gasteiger partial charge in [-0.25, -0.2) is 9.59 Å². The monoisotopic (exact) mass is 376 g/mol. The van der Waals surface area contributed by atoms with Crippen LogP contribution in [0.4, 0.5) is 10.6 Å². The van der Waals surface area contributed by atoms with E-state index in [0.29, 0.717) is 4.57 Å². The van der Waals surface area contributed by atoms with Gasteiger partial charge < -0.3 is 29.2 Å². The van der Waals surface area contributed by atoms with Gasteiger partial charge in [0.25, 0.3) is 0 Å². The van der Waals surface area contributed by atoms with Crippen molar-refractivity contribution in [2.24, 2.45) is 0 Å². The summed E-state index contributed by atoms with van der Waals surface area (Å²) in [4.78, 5) is 26.6. The number of aliphatic hydroxyl groups is 2. The van der Waals surface area contributed by atoms with Crippen molar-refractivity contribution >= 4 is 12.0 Å². The molecular weight excluding hydrogens is 354 g/mol. The smallest absolute Gasteiger partial charge is 0.432 e. The number of hydrogen-bond donors (Lipinski definition) is 4. The average molecular weight is 376 g/mol. The van der Waals surface area contributed by atoms with Crippen molar-refractivity contribution in [3.05, 3.63) is 22.7 Å². The third-order valence-corrected chi connectivity index (χ3v) is 3.26. The standard InChI is InChI=1S/C14H21N3O9/c1-7(2)25-14(21)24-6-23-5-8-10(18)11(19)12(26-8)17-4-3-9(16-22)15-13(17)20/h3-4,7-8,10-12,18-19,22H,5-6H2,1-2H3,(H,15,16,20)/t8-,10-,11-,12-/m1/s1/i12D. The zero-order chi connectivity index (χ0) is 20.2. The molecule has 0 spiro atoms. The van der Waals surface area contributed by atoms with Crippen LogP contribution < -0.4 is 11.2 Å². The van der Waals surface area contributed by atoms with E-state index in [9.17, 15) is 19.8 Å². The number of nitrogens with one attached hydrogen (secondary N) is 1. The quantitative estimate of drug-likeness (QED) is 0.204. The van der Waals surface area contributed by atoms with Crippen LogP contribution >= 0.6 is 0 Å². The maximum Gasteiger partial charge on any atom is 0.510 e. The predicted octanol–water partition coefficient (Wildman–Crippen LogP) is -0.801. The van der Waals surface area contributed by atoms with Crippen LogP contribution in [0.5, 0.6) is 0 Å². The third-order valence-electron chi connectivity index (χ3n) is 3.26. The van der Waals surface area contributed by atoms with E-state index < -0.39 is 43.2 Å². The van der Waals surface area contributed by atoms with Crippen LogP contribution in [0, 0.1) is 0 Å². The first kappa shape index (κ1) is 18.5. The number of anilines is 1. The summed E-state index contributed by atoms with van der Waals surface area (Å²) in [5.74, 6) is -0.168. The zero-order valence-corrected chi connectivity index (χ0v) is 14.1. The van der Waals surface area contributed by atoms with Crippen LogP contribution in [0.1, 0.15) is 21.4 Å². The third kappa shape index (κ3) is 4.89. The van der Waals surface area contributed by atoms with Gasteiger partial charge in [0, 0.05) is 6.20 Å². The second-order valence-electron chi connectivity index (χ2n) is 5.56. The fraction of sp³-hybridized carbons (Fsp3) is 0.643. The van der Waals surface area contributed by atoms with E-state index in [1.165, 1.54) is 0 Å². The van der Waals surface area contributed by atoms with E-state index in [1.807, 2.05) is 0 Å². The summed E-state index contributed by atoms with van der Waals surface area (Å²) >= 11 is 0. The van der Waals surface area contributed by atoms with Gasteiger partial charge in [0.15, 0.2) is 18.8 Å². The second-order valence-corrected chi connectivity index (χ2v) is 5.56. The lowest BCUT2D eigenvalue weighted by Gasteiger charge is -2.17. The molecule has 4 atom stereocenters. The maximum atomic E-state index is 12.0. The lowest BCUT2D eigenvalue weighted by molar-refractivity contribution is -0.105. The Balaban J connectivity index is 1.98. The number of hydrogen-bond acceptors (Lipinski definition) is 11. The van der Waals surface area contributed by atoms with Crippen molar-refractivity contribution in [3.8, 4) is 0 Å². The Morgan fingerprint density at radius 1 is 1.50 bits per heavy atom. The minimum atomic E-state index is -2.37. The van der Waals surface area contributed by atoms with Crippen molar-refractivity contribution in [1.82, 2.24) is 9.55 Å². The number of carbonyl (C=O) groups is 1. The number of rotatable bonds is 7. The molecule has 146 valence electrons. The summed E-state index contributed by atoms with van der Waals surface area (Å²) in [5.41, 5.74) is 0.669. The molecule has 1 aliphatic heterocycles. The lowest BCUT2D eigenvalue weighted by atomic mass is 10.1. The largest absolute Gasteiger partial charge is 0.510 e. The lowest BCUT2D eigenvalue weighted by Crippen LogP contribution is -2.36. The van der Waals surface area contributed by atoms with E-state index in [4.69, 9.17) is 20.8 Å². The Bertz CT molecular complexity index is 715. The van der Waals surface area contributed by atoms with Gasteiger partial charge in [0.2, 0.25) is 0 Å². The summed E-state index contributed by atoms with van der Waals surface area (Å²) in [5, 5.41) is 29.0. The summed E-state index contributed by atoms with van der Waals surface area (Å²) in [7, 11) is 0. The number of carbonyl (C=O) groups excluding carboxylic acids is 1. The SMILES string of the molecule is [2H][C@@]1(n2ccc(NO)nc2=O)O[C@H](COCOC(=O)OC(C)C)[C@@H](O)[C@H]1O. The number of nitrogens with zero attached hydrogens (tertiary/aromatic N) is 2. The van der Waals surface area contributed by atoms with Crippen LogP contribution in [0.25, 0.3) is 0 Å². The molecule has 2 heterocycles. The molecular formula is C14H21N3O9. The van der Waals surface area contributed by atoms with Gasteiger partial charge in [-0.2, -0.15) is 4.98 Å². The number of aromatic nitrogens is 2. The maximum absolute atomic E-state index is 12.0. The van der Waals surface area contributed by atoms with Gasteiger partial charge >= 0.3 is 11.8 Å². The van der Waals surface area contributed by atoms with Crippen LogP contribution in [-0.4, -0.2) is 68.9 Å². The first-order valence-corrected chi connectivity index (χ1v) is 7.64. The van der Waals surface area contributed by atoms with Crippen molar-refractivity contribution in [1.29, 1.82) is 0 Å². The Kier molecular flexibility index (Phi) is 6.35. The van der Waals surface area contributed by atoms with Gasteiger partial charge in [-0.05, 0) is 19.9 Å². The van der Waals surface area contributed by atoms with Gasteiger partial charge in [0.1, 0.15) is 18.3 Å². The molecule has 2 rings (SSSR count). The zero-order valence-electron chi connectivity index (χ0n) is 15.1. The van der Waals surface area contributed by atoms with Crippen molar-refractivity contribution in [2.75, 3.05) is 18.9 Å². The molecule has 1 fully saturated rings. The molecule has 0 radical (unpaired) electrons. The molecule has 4 N–H and O–H groups in total. The molecule has 1 saturated heterocycles. The Hall–Kier alpha value is -2.25. The Morgan fingerprint density at radius 3 is 2.85 bits per heavy atom. The van der Waals surface area contributed by atoms with Gasteiger partial charge in [-0.3, -0.25) is 15.3 Å². The van der Waals surface area contributed by atoms with Crippen LogP contribution in [0.15, 0.2) is 17.1 Å². The van der Waals surface area contributed by atoms with Gasteiger partial charge in [0.05, 0.1) is 14.1 Å². The number of ether oxygens (including phenoxy) is 4. The highest BCUT2D eigenvalue weighted by Crippen LogP contribution is 2.28. The van der Waals surface area contributed by atoms with E-state index >= 15 is 0 Å². The first-order valence-electron chi connectivity index (χ1n) is 8.14. The van der Waals surface area contributed by atoms with Crippen LogP contribution in [0.3, 0.4) is 0 Å². The number of aliphatic hydroxyl groups excluding tert-OH is 2. The summed E-state index contributed by atoms with van der Waals surface area (Å²) in [6.45, 7) is 2.43. The normalized spacial score (nSPS) is 28.7. The van der Waals surface area contributed by atoms with E-state index in [0.717, 1.165) is 12.3 Å². The Morgan fingerprint density at radius 2 is 2.23 bits per heavy atom. The topological polar surface area (TPSA) is 162 Å². The molecule has 0 bridgehead atoms. The fourth-order valence-electron chi connectivity index (χ4n) is 2.09. The van der Waals surface area contributed by atoms with Crippen molar-refractivity contribution < 1.29 is 40.5 Å². The highest BCUT2D eigenvalue weighted by molar-refractivity contribution is 5.59. The minimum Gasteiger partial charge on any atom is -0.432 e. The molecule has 0 unspecified atom stereocenters. The second kappa shape index (κ2) is 8.91. The molecule has 1 aromatic rings. The van der Waals surface area contributed by atoms with E-state index in [2.05, 4.69) is 9.72 Å². The summed E-state index contributed by atoms with van der Waals surface area (Å²) < 4.78 is 28.6. The highest BCUT2D eigenvalue weighted by atomic mass is 16.8. The summed E-state index contributed by atoms with van der Waals surface area (Å²) in [6.07, 6.45) is -7.17. The molecule has 12 heteroatoms. The molecule has 0 aliphatic carbocycles. The van der Waals surface area contributed by atoms with E-state index in [-0.39, 0.29) is 18.5 Å². The van der Waals surface area contributed by atoms with Crippen molar-refractivity contribution in [2.45, 2.75) is 44.5 Å². The minimum absolute atomic E-state index is 0.168. The van der Waals surface area contributed by atoms with E-state index in [1.54, 1.807) is 19.3 Å². The van der Waals surface area contributed by atoms with Crippen LogP contribution in [0.2, 0.25) is 0 Å². The molecule has 0 saturated carbocycles. The molecule has 0 aromatic carbocycles. The summed E-state index contributed by atoms with van der Waals surface area (Å²) in [6, 6.07) is 1.16. The molecule has 12 nitrogen and oxygen atoms in total. The fourth-order valence-corrected chi connectivity index (χ4v) is 2.09. The highest BCUT2D eigenvalue weighted by Gasteiger charge is 2.44.